The molecular formula is C12H20ClNOS. The van der Waals surface area contributed by atoms with Crippen LogP contribution in [0.2, 0.25) is 4.34 Å². The van der Waals surface area contributed by atoms with Gasteiger partial charge in [-0.25, -0.2) is 0 Å². The van der Waals surface area contributed by atoms with Crippen LogP contribution in [0.4, 0.5) is 0 Å². The Morgan fingerprint density at radius 1 is 1.38 bits per heavy atom. The Balaban J connectivity index is 1.92. The Kier molecular flexibility index (Phi) is 7.05. The molecule has 0 radical (unpaired) electrons. The van der Waals surface area contributed by atoms with Crippen LogP contribution in [-0.4, -0.2) is 26.3 Å². The smallest absolute Gasteiger partial charge is 0.0931 e. The first-order valence-electron chi connectivity index (χ1n) is 5.71. The summed E-state index contributed by atoms with van der Waals surface area (Å²) >= 11 is 7.47. The van der Waals surface area contributed by atoms with Gasteiger partial charge in [0, 0.05) is 17.8 Å². The van der Waals surface area contributed by atoms with Gasteiger partial charge in [-0.3, -0.25) is 0 Å². The van der Waals surface area contributed by atoms with Crippen LogP contribution in [-0.2, 0) is 11.2 Å². The van der Waals surface area contributed by atoms with Crippen molar-refractivity contribution in [2.24, 2.45) is 5.92 Å². The number of rotatable bonds is 8. The van der Waals surface area contributed by atoms with Crippen molar-refractivity contribution in [2.45, 2.75) is 20.3 Å². The second-order valence-electron chi connectivity index (χ2n) is 4.17. The maximum atomic E-state index is 5.84. The zero-order valence-electron chi connectivity index (χ0n) is 9.96. The third-order valence-electron chi connectivity index (χ3n) is 2.10. The summed E-state index contributed by atoms with van der Waals surface area (Å²) in [6.45, 7) is 7.96. The summed E-state index contributed by atoms with van der Waals surface area (Å²) in [6.07, 6.45) is 0.960. The molecule has 0 amide bonds. The summed E-state index contributed by atoms with van der Waals surface area (Å²) in [6, 6.07) is 4.00. The number of nitrogens with one attached hydrogen (secondary N) is 1. The molecule has 1 aromatic heterocycles. The highest BCUT2D eigenvalue weighted by molar-refractivity contribution is 7.16. The summed E-state index contributed by atoms with van der Waals surface area (Å²) < 4.78 is 6.38. The molecule has 0 aliphatic heterocycles. The van der Waals surface area contributed by atoms with Crippen LogP contribution in [0.3, 0.4) is 0 Å². The Morgan fingerprint density at radius 3 is 2.81 bits per heavy atom. The van der Waals surface area contributed by atoms with Gasteiger partial charge in [0.15, 0.2) is 0 Å². The molecule has 0 fully saturated rings. The van der Waals surface area contributed by atoms with E-state index in [9.17, 15) is 0 Å². The van der Waals surface area contributed by atoms with Gasteiger partial charge in [0.25, 0.3) is 0 Å². The molecule has 0 spiro atoms. The van der Waals surface area contributed by atoms with Gasteiger partial charge in [-0.15, -0.1) is 11.3 Å². The fourth-order valence-corrected chi connectivity index (χ4v) is 2.36. The molecule has 16 heavy (non-hydrogen) atoms. The Morgan fingerprint density at radius 2 is 2.19 bits per heavy atom. The molecule has 0 saturated carbocycles. The van der Waals surface area contributed by atoms with E-state index in [0.29, 0.717) is 5.92 Å². The van der Waals surface area contributed by atoms with Crippen LogP contribution in [0.25, 0.3) is 0 Å². The van der Waals surface area contributed by atoms with Crippen molar-refractivity contribution in [3.8, 4) is 0 Å². The number of ether oxygens (including phenoxy) is 1. The SMILES string of the molecule is CC(C)CNCCOCCc1ccc(Cl)s1. The van der Waals surface area contributed by atoms with Gasteiger partial charge in [0.2, 0.25) is 0 Å². The average molecular weight is 262 g/mol. The molecule has 0 aliphatic rings. The normalized spacial score (nSPS) is 11.2. The minimum atomic E-state index is 0.702. The zero-order valence-corrected chi connectivity index (χ0v) is 11.5. The van der Waals surface area contributed by atoms with Gasteiger partial charge in [0.1, 0.15) is 0 Å². The van der Waals surface area contributed by atoms with Gasteiger partial charge in [-0.2, -0.15) is 0 Å². The van der Waals surface area contributed by atoms with E-state index in [-0.39, 0.29) is 0 Å². The highest BCUT2D eigenvalue weighted by Crippen LogP contribution is 2.21. The molecule has 0 atom stereocenters. The topological polar surface area (TPSA) is 21.3 Å². The largest absolute Gasteiger partial charge is 0.380 e. The van der Waals surface area contributed by atoms with Crippen molar-refractivity contribution in [3.63, 3.8) is 0 Å². The lowest BCUT2D eigenvalue weighted by Crippen LogP contribution is -2.24. The summed E-state index contributed by atoms with van der Waals surface area (Å²) in [5.41, 5.74) is 0. The number of thiophene rings is 1. The molecule has 0 unspecified atom stereocenters. The third kappa shape index (κ3) is 6.48. The predicted molar refractivity (Wildman–Crippen MR) is 71.6 cm³/mol. The van der Waals surface area contributed by atoms with Gasteiger partial charge >= 0.3 is 0 Å². The number of halogens is 1. The monoisotopic (exact) mass is 261 g/mol. The minimum absolute atomic E-state index is 0.702. The van der Waals surface area contributed by atoms with Crippen LogP contribution in [0.1, 0.15) is 18.7 Å². The summed E-state index contributed by atoms with van der Waals surface area (Å²) in [4.78, 5) is 1.29. The Hall–Kier alpha value is -0.0900. The van der Waals surface area contributed by atoms with Crippen molar-refractivity contribution < 1.29 is 4.74 Å². The number of hydrogen-bond acceptors (Lipinski definition) is 3. The molecule has 2 nitrogen and oxygen atoms in total. The minimum Gasteiger partial charge on any atom is -0.380 e. The standard InChI is InChI=1S/C12H20ClNOS/c1-10(2)9-14-6-8-15-7-5-11-3-4-12(13)16-11/h3-4,10,14H,5-9H2,1-2H3. The van der Waals surface area contributed by atoms with Gasteiger partial charge in [-0.05, 0) is 24.6 Å². The molecule has 1 aromatic rings. The van der Waals surface area contributed by atoms with Gasteiger partial charge < -0.3 is 10.1 Å². The summed E-state index contributed by atoms with van der Waals surface area (Å²) in [5, 5.41) is 3.34. The molecular weight excluding hydrogens is 242 g/mol. The van der Waals surface area contributed by atoms with Crippen molar-refractivity contribution in [3.05, 3.63) is 21.3 Å². The maximum Gasteiger partial charge on any atom is 0.0931 e. The van der Waals surface area contributed by atoms with Crippen LogP contribution in [0.15, 0.2) is 12.1 Å². The van der Waals surface area contributed by atoms with Crippen molar-refractivity contribution in [2.75, 3.05) is 26.3 Å². The highest BCUT2D eigenvalue weighted by atomic mass is 35.5. The lowest BCUT2D eigenvalue weighted by molar-refractivity contribution is 0.139. The average Bonchev–Trinajstić information content (AvgIpc) is 2.62. The molecule has 0 saturated heterocycles. The molecule has 4 heteroatoms. The third-order valence-corrected chi connectivity index (χ3v) is 3.39. The van der Waals surface area contributed by atoms with Crippen molar-refractivity contribution in [1.82, 2.24) is 5.32 Å². The van der Waals surface area contributed by atoms with E-state index in [0.717, 1.165) is 37.1 Å². The van der Waals surface area contributed by atoms with Crippen molar-refractivity contribution in [1.29, 1.82) is 0 Å². The lowest BCUT2D eigenvalue weighted by Gasteiger charge is -2.07. The quantitative estimate of drug-likeness (QED) is 0.726. The molecule has 1 rings (SSSR count). The van der Waals surface area contributed by atoms with Gasteiger partial charge in [0.05, 0.1) is 17.6 Å². The molecule has 92 valence electrons. The fourth-order valence-electron chi connectivity index (χ4n) is 1.30. The first-order valence-corrected chi connectivity index (χ1v) is 6.90. The molecule has 0 aromatic carbocycles. The Bertz CT molecular complexity index is 288. The van der Waals surface area contributed by atoms with Gasteiger partial charge in [-0.1, -0.05) is 25.4 Å². The van der Waals surface area contributed by atoms with E-state index in [4.69, 9.17) is 16.3 Å². The van der Waals surface area contributed by atoms with Crippen LogP contribution in [0.5, 0.6) is 0 Å². The molecule has 0 bridgehead atoms. The van der Waals surface area contributed by atoms with Crippen LogP contribution >= 0.6 is 22.9 Å². The van der Waals surface area contributed by atoms with E-state index in [2.05, 4.69) is 25.2 Å². The second-order valence-corrected chi connectivity index (χ2v) is 5.97. The summed E-state index contributed by atoms with van der Waals surface area (Å²) in [7, 11) is 0. The molecule has 1 heterocycles. The van der Waals surface area contributed by atoms with E-state index >= 15 is 0 Å². The van der Waals surface area contributed by atoms with Crippen LogP contribution in [0, 0.1) is 5.92 Å². The first kappa shape index (κ1) is 14.0. The van der Waals surface area contributed by atoms with E-state index < -0.39 is 0 Å². The molecule has 1 N–H and O–H groups in total. The first-order chi connectivity index (χ1) is 7.68. The number of hydrogen-bond donors (Lipinski definition) is 1. The van der Waals surface area contributed by atoms with E-state index in [1.165, 1.54) is 4.88 Å². The molecule has 0 aliphatic carbocycles. The highest BCUT2D eigenvalue weighted by Gasteiger charge is 1.98. The maximum absolute atomic E-state index is 5.84. The van der Waals surface area contributed by atoms with Crippen LogP contribution < -0.4 is 5.32 Å². The van der Waals surface area contributed by atoms with Crippen molar-refractivity contribution >= 4 is 22.9 Å². The fraction of sp³-hybridized carbons (Fsp3) is 0.667. The van der Waals surface area contributed by atoms with E-state index in [1.807, 2.05) is 6.07 Å². The predicted octanol–water partition coefficient (Wildman–Crippen LogP) is 3.21. The van der Waals surface area contributed by atoms with E-state index in [1.54, 1.807) is 11.3 Å². The summed E-state index contributed by atoms with van der Waals surface area (Å²) in [5.74, 6) is 0.702. The lowest BCUT2D eigenvalue weighted by atomic mass is 10.2. The zero-order chi connectivity index (χ0) is 11.8. The Labute approximate surface area is 107 Å². The second kappa shape index (κ2) is 8.07.